The van der Waals surface area contributed by atoms with E-state index in [0.29, 0.717) is 11.1 Å². The van der Waals surface area contributed by atoms with Crippen LogP contribution in [-0.4, -0.2) is 123 Å². The number of nitrogens with zero attached hydrogens (tertiary/aromatic N) is 1. The zero-order chi connectivity index (χ0) is 40.4. The molecule has 4 bridgehead atoms. The Balaban J connectivity index is 2.14. The van der Waals surface area contributed by atoms with E-state index in [4.69, 9.17) is 15.2 Å². The number of nitrogens with two attached hydrogens (primary N) is 1. The largest absolute Gasteiger partial charge is 0.508 e. The first-order chi connectivity index (χ1) is 25.2. The summed E-state index contributed by atoms with van der Waals surface area (Å²) in [5.41, 5.74) is 5.59. The predicted molar refractivity (Wildman–Crippen MR) is 197 cm³/mol. The molecule has 0 saturated heterocycles. The number of aliphatic hydroxyl groups is 2. The third-order valence-corrected chi connectivity index (χ3v) is 8.06. The van der Waals surface area contributed by atoms with Crippen molar-refractivity contribution >= 4 is 29.9 Å². The first-order valence-corrected chi connectivity index (χ1v) is 17.7. The van der Waals surface area contributed by atoms with Gasteiger partial charge in [-0.25, -0.2) is 9.59 Å². The lowest BCUT2D eigenvalue weighted by Crippen LogP contribution is -2.59. The third kappa shape index (κ3) is 13.4. The lowest BCUT2D eigenvalue weighted by molar-refractivity contribution is -0.138. The quantitative estimate of drug-likeness (QED) is 0.163. The number of hydrogen-bond acceptors (Lipinski definition) is 12. The highest BCUT2D eigenvalue weighted by Gasteiger charge is 2.34. The van der Waals surface area contributed by atoms with Crippen LogP contribution >= 0.6 is 0 Å². The summed E-state index contributed by atoms with van der Waals surface area (Å²) in [4.78, 5) is 68.6. The summed E-state index contributed by atoms with van der Waals surface area (Å²) in [6.45, 7) is 9.01. The van der Waals surface area contributed by atoms with Gasteiger partial charge in [0.05, 0.1) is 12.7 Å². The van der Waals surface area contributed by atoms with Gasteiger partial charge in [0.1, 0.15) is 40.8 Å². The number of hydrogen-bond donors (Lipinski definition) is 9. The molecule has 2 aromatic carbocycles. The fourth-order valence-corrected chi connectivity index (χ4v) is 5.63. The smallest absolute Gasteiger partial charge is 0.408 e. The number of aromatic hydroxyl groups is 2. The second kappa shape index (κ2) is 18.8. The molecule has 4 atom stereocenters. The summed E-state index contributed by atoms with van der Waals surface area (Å²) >= 11 is 0. The van der Waals surface area contributed by atoms with Gasteiger partial charge in [-0.1, -0.05) is 12.1 Å². The number of ether oxygens (including phenoxy) is 2. The highest BCUT2D eigenvalue weighted by Crippen LogP contribution is 2.31. The van der Waals surface area contributed by atoms with Crippen LogP contribution in [0, 0.1) is 0 Å². The van der Waals surface area contributed by atoms with Crippen LogP contribution in [-0.2, 0) is 36.7 Å². The first-order valence-electron chi connectivity index (χ1n) is 17.7. The summed E-state index contributed by atoms with van der Waals surface area (Å²) in [5.74, 6) is -2.86. The van der Waals surface area contributed by atoms with E-state index in [0.717, 1.165) is 0 Å². The van der Waals surface area contributed by atoms with Crippen molar-refractivity contribution in [2.24, 2.45) is 5.73 Å². The van der Waals surface area contributed by atoms with Crippen molar-refractivity contribution in [3.05, 3.63) is 47.5 Å². The van der Waals surface area contributed by atoms with Gasteiger partial charge in [-0.2, -0.15) is 0 Å². The molecule has 0 spiro atoms. The van der Waals surface area contributed by atoms with E-state index in [2.05, 4.69) is 21.3 Å². The minimum absolute atomic E-state index is 0.0291. The Bertz CT molecular complexity index is 1650. The van der Waals surface area contributed by atoms with Crippen LogP contribution < -0.4 is 27.0 Å². The molecule has 0 fully saturated rings. The molecule has 5 amide bonds. The number of rotatable bonds is 10. The van der Waals surface area contributed by atoms with Crippen molar-refractivity contribution in [1.82, 2.24) is 26.2 Å². The summed E-state index contributed by atoms with van der Waals surface area (Å²) < 4.78 is 10.6. The summed E-state index contributed by atoms with van der Waals surface area (Å²) in [7, 11) is 0. The van der Waals surface area contributed by atoms with Gasteiger partial charge in [0, 0.05) is 45.4 Å². The van der Waals surface area contributed by atoms with Crippen molar-refractivity contribution in [1.29, 1.82) is 0 Å². The SMILES string of the molecule is CC(C)(C)OC(=O)NC[C@H](O)C[C@@H]1NC(=O)[C@@H](NC(=O)OC(C)(C)C)Cc2cc(ccc2O)-c2ccc(O)c(c2)C[C@@H](C(=O)N(CCN)CCO)NC1=O. The molecule has 54 heavy (non-hydrogen) atoms. The molecule has 0 unspecified atom stereocenters. The molecule has 0 radical (unpaired) electrons. The van der Waals surface area contributed by atoms with Crippen LogP contribution in [0.25, 0.3) is 11.1 Å². The minimum Gasteiger partial charge on any atom is -0.508 e. The zero-order valence-corrected chi connectivity index (χ0v) is 31.6. The minimum atomic E-state index is -1.57. The molecule has 1 heterocycles. The van der Waals surface area contributed by atoms with Gasteiger partial charge in [-0.3, -0.25) is 14.4 Å². The van der Waals surface area contributed by atoms with Crippen molar-refractivity contribution in [2.75, 3.05) is 32.8 Å². The molecule has 2 aromatic rings. The van der Waals surface area contributed by atoms with E-state index in [1.807, 2.05) is 0 Å². The standard InChI is InChI=1S/C37H54N6O11/c1-36(2,3)53-34(51)39-20-25(45)19-27-32(49)41-28(33(50)43(12-11-38)13-14-44)18-24-16-22(8-10-30(24)47)21-7-9-29(46)23(15-21)17-26(31(48)40-27)42-35(52)54-37(4,5)6/h7-10,15-16,25-28,44-47H,11-14,17-20,38H2,1-6H3,(H,39,51)(H,40,48)(H,41,49)(H,42,52)/t25-,26+,27+,28+/m1/s1. The van der Waals surface area contributed by atoms with Gasteiger partial charge in [0.25, 0.3) is 0 Å². The molecule has 10 N–H and O–H groups in total. The predicted octanol–water partition coefficient (Wildman–Crippen LogP) is 0.782. The van der Waals surface area contributed by atoms with Crippen LogP contribution in [0.3, 0.4) is 0 Å². The van der Waals surface area contributed by atoms with E-state index >= 15 is 0 Å². The number of phenolic OH excluding ortho intramolecular Hbond substituents is 2. The Kier molecular flexibility index (Phi) is 15.0. The van der Waals surface area contributed by atoms with Gasteiger partial charge in [0.15, 0.2) is 0 Å². The van der Waals surface area contributed by atoms with Crippen molar-refractivity contribution in [3.8, 4) is 22.6 Å². The van der Waals surface area contributed by atoms with E-state index in [-0.39, 0.29) is 55.1 Å². The lowest BCUT2D eigenvalue weighted by atomic mass is 9.95. The normalized spacial score (nSPS) is 18.5. The Morgan fingerprint density at radius 3 is 1.96 bits per heavy atom. The van der Waals surface area contributed by atoms with Crippen LogP contribution in [0.4, 0.5) is 9.59 Å². The van der Waals surface area contributed by atoms with E-state index in [1.165, 1.54) is 17.0 Å². The molecular formula is C37H54N6O11. The maximum atomic E-state index is 14.1. The lowest BCUT2D eigenvalue weighted by Gasteiger charge is -2.30. The molecule has 1 aliphatic rings. The van der Waals surface area contributed by atoms with Crippen LogP contribution in [0.1, 0.15) is 59.1 Å². The maximum Gasteiger partial charge on any atom is 0.408 e. The summed E-state index contributed by atoms with van der Waals surface area (Å²) in [6.07, 6.45) is -4.24. The molecular weight excluding hydrogens is 704 g/mol. The van der Waals surface area contributed by atoms with Crippen molar-refractivity contribution in [2.45, 2.75) is 96.2 Å². The Hall–Kier alpha value is -5.13. The molecule has 17 heteroatoms. The van der Waals surface area contributed by atoms with Crippen LogP contribution in [0.5, 0.6) is 11.5 Å². The highest BCUT2D eigenvalue weighted by molar-refractivity contribution is 5.94. The monoisotopic (exact) mass is 758 g/mol. The third-order valence-electron chi connectivity index (χ3n) is 8.06. The molecule has 0 saturated carbocycles. The van der Waals surface area contributed by atoms with Crippen molar-refractivity contribution in [3.63, 3.8) is 0 Å². The topological polar surface area (TPSA) is 262 Å². The van der Waals surface area contributed by atoms with Crippen molar-refractivity contribution < 1.29 is 53.9 Å². The molecule has 17 nitrogen and oxygen atoms in total. The molecule has 0 aromatic heterocycles. The van der Waals surface area contributed by atoms with E-state index < -0.39 is 84.9 Å². The number of alkyl carbamates (subject to hydrolysis) is 2. The van der Waals surface area contributed by atoms with Gasteiger partial charge in [0.2, 0.25) is 17.7 Å². The number of carbonyl (C=O) groups is 5. The van der Waals surface area contributed by atoms with Gasteiger partial charge in [-0.05, 0) is 88.1 Å². The number of amides is 5. The number of nitrogens with one attached hydrogen (secondary N) is 4. The van der Waals surface area contributed by atoms with Gasteiger partial charge >= 0.3 is 12.2 Å². The zero-order valence-electron chi connectivity index (χ0n) is 31.6. The fourth-order valence-electron chi connectivity index (χ4n) is 5.63. The van der Waals surface area contributed by atoms with Crippen LogP contribution in [0.2, 0.25) is 0 Å². The maximum absolute atomic E-state index is 14.1. The summed E-state index contributed by atoms with van der Waals surface area (Å²) in [6, 6.07) is 4.88. The number of phenols is 2. The highest BCUT2D eigenvalue weighted by atomic mass is 16.6. The van der Waals surface area contributed by atoms with E-state index in [9.17, 15) is 44.4 Å². The average molecular weight is 759 g/mol. The van der Waals surface area contributed by atoms with Crippen LogP contribution in [0.15, 0.2) is 36.4 Å². The van der Waals surface area contributed by atoms with Gasteiger partial charge < -0.3 is 61.8 Å². The Labute approximate surface area is 314 Å². The number of carbonyl (C=O) groups excluding carboxylic acids is 5. The van der Waals surface area contributed by atoms with Gasteiger partial charge in [-0.15, -0.1) is 0 Å². The Morgan fingerprint density at radius 1 is 0.870 bits per heavy atom. The number of aliphatic hydroxyl groups excluding tert-OH is 2. The number of benzene rings is 2. The van der Waals surface area contributed by atoms with E-state index in [1.54, 1.807) is 65.8 Å². The molecule has 3 rings (SSSR count). The number of fused-ring (bicyclic) bond motifs is 5. The Morgan fingerprint density at radius 2 is 1.43 bits per heavy atom. The average Bonchev–Trinajstić information content (AvgIpc) is 3.06. The summed E-state index contributed by atoms with van der Waals surface area (Å²) in [5, 5.41) is 52.5. The second-order valence-corrected chi connectivity index (χ2v) is 15.0. The molecule has 298 valence electrons. The fraction of sp³-hybridized carbons (Fsp3) is 0.541. The molecule has 0 aliphatic carbocycles. The first kappa shape index (κ1) is 43.3. The second-order valence-electron chi connectivity index (χ2n) is 15.0. The molecule has 1 aliphatic heterocycles.